The number of carbonyl (C=O) groups is 3. The third-order valence-corrected chi connectivity index (χ3v) is 5.57. The van der Waals surface area contributed by atoms with E-state index in [-0.39, 0.29) is 30.6 Å². The topological polar surface area (TPSA) is 90.9 Å². The number of nitrogens with zero attached hydrogens (tertiary/aromatic N) is 2. The standard InChI is InChI=1S/C27H26N4O3/c1-19-12-13-22(28-27(34)21-10-6-3-7-11-21)18-24(19)29-25(32)14-15-26(33)31-17-16-23(30-31)20-8-4-2-5-9-20/h2-13,18H,14-17H2,1H3,(H,28,34)(H,29,32). The zero-order valence-electron chi connectivity index (χ0n) is 19.0. The second kappa shape index (κ2) is 10.6. The molecule has 3 aromatic rings. The zero-order chi connectivity index (χ0) is 23.9. The van der Waals surface area contributed by atoms with Crippen molar-refractivity contribution in [2.24, 2.45) is 5.10 Å². The summed E-state index contributed by atoms with van der Waals surface area (Å²) in [5, 5.41) is 11.6. The molecule has 0 atom stereocenters. The lowest BCUT2D eigenvalue weighted by molar-refractivity contribution is -0.132. The van der Waals surface area contributed by atoms with Gasteiger partial charge < -0.3 is 10.6 Å². The predicted octanol–water partition coefficient (Wildman–Crippen LogP) is 4.60. The minimum Gasteiger partial charge on any atom is -0.326 e. The van der Waals surface area contributed by atoms with Crippen molar-refractivity contribution >= 4 is 34.8 Å². The molecule has 1 aliphatic heterocycles. The highest BCUT2D eigenvalue weighted by Gasteiger charge is 2.22. The molecule has 172 valence electrons. The van der Waals surface area contributed by atoms with Crippen molar-refractivity contribution in [3.63, 3.8) is 0 Å². The summed E-state index contributed by atoms with van der Waals surface area (Å²) in [6.45, 7) is 2.39. The van der Waals surface area contributed by atoms with E-state index in [9.17, 15) is 14.4 Å². The third kappa shape index (κ3) is 5.75. The number of hydrazone groups is 1. The van der Waals surface area contributed by atoms with Gasteiger partial charge in [0, 0.05) is 36.2 Å². The number of benzene rings is 3. The monoisotopic (exact) mass is 454 g/mol. The van der Waals surface area contributed by atoms with Gasteiger partial charge in [0.2, 0.25) is 11.8 Å². The Hall–Kier alpha value is -4.26. The first kappa shape index (κ1) is 22.9. The highest BCUT2D eigenvalue weighted by molar-refractivity contribution is 6.05. The Labute approximate surface area is 198 Å². The third-order valence-electron chi connectivity index (χ3n) is 5.57. The molecule has 3 amide bonds. The molecule has 0 aromatic heterocycles. The van der Waals surface area contributed by atoms with Crippen molar-refractivity contribution in [1.29, 1.82) is 0 Å². The van der Waals surface area contributed by atoms with Crippen LogP contribution in [0.25, 0.3) is 0 Å². The Morgan fingerprint density at radius 1 is 0.882 bits per heavy atom. The zero-order valence-corrected chi connectivity index (χ0v) is 19.0. The maximum Gasteiger partial charge on any atom is 0.255 e. The highest BCUT2D eigenvalue weighted by atomic mass is 16.2. The number of amides is 3. The fourth-order valence-electron chi connectivity index (χ4n) is 3.66. The SMILES string of the molecule is Cc1ccc(NC(=O)c2ccccc2)cc1NC(=O)CCC(=O)N1CCC(c2ccccc2)=N1. The Kier molecular flexibility index (Phi) is 7.13. The molecular formula is C27H26N4O3. The summed E-state index contributed by atoms with van der Waals surface area (Å²) in [7, 11) is 0. The molecule has 0 unspecified atom stereocenters. The minimum atomic E-state index is -0.269. The average molecular weight is 455 g/mol. The molecule has 0 spiro atoms. The molecule has 0 radical (unpaired) electrons. The van der Waals surface area contributed by atoms with Gasteiger partial charge in [-0.15, -0.1) is 0 Å². The molecule has 4 rings (SSSR count). The van der Waals surface area contributed by atoms with Gasteiger partial charge >= 0.3 is 0 Å². The molecule has 0 saturated heterocycles. The Morgan fingerprint density at radius 2 is 1.59 bits per heavy atom. The maximum atomic E-state index is 12.5. The molecule has 1 heterocycles. The number of rotatable bonds is 7. The van der Waals surface area contributed by atoms with E-state index in [1.165, 1.54) is 5.01 Å². The lowest BCUT2D eigenvalue weighted by Crippen LogP contribution is -2.25. The molecule has 3 aromatic carbocycles. The van der Waals surface area contributed by atoms with E-state index < -0.39 is 0 Å². The molecule has 0 bridgehead atoms. The van der Waals surface area contributed by atoms with Crippen molar-refractivity contribution in [3.8, 4) is 0 Å². The van der Waals surface area contributed by atoms with Gasteiger partial charge in [0.25, 0.3) is 5.91 Å². The van der Waals surface area contributed by atoms with Crippen LogP contribution < -0.4 is 10.6 Å². The Balaban J connectivity index is 1.31. The maximum absolute atomic E-state index is 12.5. The van der Waals surface area contributed by atoms with Crippen LogP contribution in [-0.2, 0) is 9.59 Å². The smallest absolute Gasteiger partial charge is 0.255 e. The number of carbonyl (C=O) groups excluding carboxylic acids is 3. The van der Waals surface area contributed by atoms with Crippen LogP contribution in [0.3, 0.4) is 0 Å². The van der Waals surface area contributed by atoms with Crippen LogP contribution in [0.1, 0.15) is 40.7 Å². The van der Waals surface area contributed by atoms with Crippen LogP contribution in [-0.4, -0.2) is 35.0 Å². The van der Waals surface area contributed by atoms with Crippen LogP contribution in [0.4, 0.5) is 11.4 Å². The summed E-state index contributed by atoms with van der Waals surface area (Å²) >= 11 is 0. The van der Waals surface area contributed by atoms with Crippen molar-refractivity contribution in [2.45, 2.75) is 26.2 Å². The molecule has 2 N–H and O–H groups in total. The van der Waals surface area contributed by atoms with Crippen LogP contribution in [0, 0.1) is 6.92 Å². The number of nitrogens with one attached hydrogen (secondary N) is 2. The van der Waals surface area contributed by atoms with E-state index >= 15 is 0 Å². The van der Waals surface area contributed by atoms with E-state index in [1.54, 1.807) is 36.4 Å². The van der Waals surface area contributed by atoms with E-state index in [2.05, 4.69) is 15.7 Å². The fraction of sp³-hybridized carbons (Fsp3) is 0.185. The van der Waals surface area contributed by atoms with Gasteiger partial charge in [0.15, 0.2) is 0 Å². The number of hydrogen-bond acceptors (Lipinski definition) is 4. The molecule has 0 aliphatic carbocycles. The summed E-state index contributed by atoms with van der Waals surface area (Å²) in [5.41, 5.74) is 4.45. The number of anilines is 2. The molecule has 7 heteroatoms. The molecule has 1 aliphatic rings. The van der Waals surface area contributed by atoms with Gasteiger partial charge in [-0.3, -0.25) is 14.4 Å². The number of aryl methyl sites for hydroxylation is 1. The normalized spacial score (nSPS) is 12.7. The summed E-state index contributed by atoms with van der Waals surface area (Å²) in [5.74, 6) is -0.676. The first-order valence-corrected chi connectivity index (χ1v) is 11.2. The van der Waals surface area contributed by atoms with E-state index in [0.29, 0.717) is 29.9 Å². The van der Waals surface area contributed by atoms with Crippen molar-refractivity contribution < 1.29 is 14.4 Å². The summed E-state index contributed by atoms with van der Waals surface area (Å²) in [4.78, 5) is 37.5. The van der Waals surface area contributed by atoms with Crippen LogP contribution in [0.5, 0.6) is 0 Å². The molecule has 7 nitrogen and oxygen atoms in total. The van der Waals surface area contributed by atoms with Gasteiger partial charge in [-0.1, -0.05) is 54.6 Å². The van der Waals surface area contributed by atoms with E-state index in [0.717, 1.165) is 16.8 Å². The Morgan fingerprint density at radius 3 is 2.32 bits per heavy atom. The lowest BCUT2D eigenvalue weighted by Gasteiger charge is -2.13. The second-order valence-corrected chi connectivity index (χ2v) is 8.08. The second-order valence-electron chi connectivity index (χ2n) is 8.08. The quantitative estimate of drug-likeness (QED) is 0.547. The van der Waals surface area contributed by atoms with Gasteiger partial charge in [-0.25, -0.2) is 5.01 Å². The summed E-state index contributed by atoms with van der Waals surface area (Å²) in [6, 6.07) is 24.0. The van der Waals surface area contributed by atoms with Crippen molar-refractivity contribution in [3.05, 3.63) is 95.6 Å². The Bertz CT molecular complexity index is 1220. The fourth-order valence-corrected chi connectivity index (χ4v) is 3.66. The first-order valence-electron chi connectivity index (χ1n) is 11.2. The van der Waals surface area contributed by atoms with Crippen molar-refractivity contribution in [2.75, 3.05) is 17.2 Å². The molecular weight excluding hydrogens is 428 g/mol. The van der Waals surface area contributed by atoms with Gasteiger partial charge in [0.1, 0.15) is 0 Å². The first-order chi connectivity index (χ1) is 16.5. The van der Waals surface area contributed by atoms with E-state index in [4.69, 9.17) is 0 Å². The largest absolute Gasteiger partial charge is 0.326 e. The number of hydrogen-bond donors (Lipinski definition) is 2. The lowest BCUT2D eigenvalue weighted by atomic mass is 10.1. The highest BCUT2D eigenvalue weighted by Crippen LogP contribution is 2.22. The molecule has 0 saturated carbocycles. The summed E-state index contributed by atoms with van der Waals surface area (Å²) < 4.78 is 0. The minimum absolute atomic E-state index is 0.0472. The van der Waals surface area contributed by atoms with Crippen LogP contribution in [0.15, 0.2) is 84.0 Å². The van der Waals surface area contributed by atoms with Gasteiger partial charge in [-0.05, 0) is 42.3 Å². The molecule has 34 heavy (non-hydrogen) atoms. The van der Waals surface area contributed by atoms with Crippen LogP contribution >= 0.6 is 0 Å². The van der Waals surface area contributed by atoms with E-state index in [1.807, 2.05) is 49.4 Å². The summed E-state index contributed by atoms with van der Waals surface area (Å²) in [6.07, 6.45) is 0.815. The average Bonchev–Trinajstić information content (AvgIpc) is 3.36. The molecule has 0 fully saturated rings. The van der Waals surface area contributed by atoms with Gasteiger partial charge in [-0.2, -0.15) is 5.10 Å². The predicted molar refractivity (Wildman–Crippen MR) is 133 cm³/mol. The van der Waals surface area contributed by atoms with Gasteiger partial charge in [0.05, 0.1) is 12.3 Å². The van der Waals surface area contributed by atoms with Crippen LogP contribution in [0.2, 0.25) is 0 Å². The van der Waals surface area contributed by atoms with Crippen molar-refractivity contribution in [1.82, 2.24) is 5.01 Å².